The maximum atomic E-state index is 13.0. The highest BCUT2D eigenvalue weighted by atomic mass is 19.1. The SMILES string of the molecule is Cc1cccc2[nH]c3c(=O)n(Cc4ccc(F)cc4)cnc3c12. The maximum Gasteiger partial charge on any atom is 0.277 e. The van der Waals surface area contributed by atoms with E-state index in [1.165, 1.54) is 16.7 Å². The Hall–Kier alpha value is -2.95. The third-order valence-corrected chi connectivity index (χ3v) is 4.07. The molecule has 2 heterocycles. The number of fused-ring (bicyclic) bond motifs is 3. The first-order chi connectivity index (χ1) is 11.1. The molecule has 0 spiro atoms. The number of benzene rings is 2. The van der Waals surface area contributed by atoms with Crippen molar-refractivity contribution in [3.05, 3.63) is 76.1 Å². The van der Waals surface area contributed by atoms with Crippen molar-refractivity contribution in [2.75, 3.05) is 0 Å². The average Bonchev–Trinajstić information content (AvgIpc) is 2.93. The van der Waals surface area contributed by atoms with Crippen LogP contribution in [0.4, 0.5) is 4.39 Å². The standard InChI is InChI=1S/C18H14FN3O/c1-11-3-2-4-14-15(11)16-17(21-14)18(23)22(10-20-16)9-12-5-7-13(19)8-6-12/h2-8,10,21H,9H2,1H3. The molecule has 114 valence electrons. The first-order valence-electron chi connectivity index (χ1n) is 7.34. The van der Waals surface area contributed by atoms with Gasteiger partial charge in [0, 0.05) is 10.9 Å². The molecule has 0 saturated carbocycles. The number of hydrogen-bond donors (Lipinski definition) is 1. The fraction of sp³-hybridized carbons (Fsp3) is 0.111. The number of nitrogens with one attached hydrogen (secondary N) is 1. The van der Waals surface area contributed by atoms with Gasteiger partial charge in [-0.25, -0.2) is 9.37 Å². The molecule has 2 aromatic carbocycles. The average molecular weight is 307 g/mol. The van der Waals surface area contributed by atoms with Crippen molar-refractivity contribution in [1.82, 2.24) is 14.5 Å². The van der Waals surface area contributed by atoms with Crippen LogP contribution < -0.4 is 5.56 Å². The lowest BCUT2D eigenvalue weighted by molar-refractivity contribution is 0.626. The van der Waals surface area contributed by atoms with Crippen molar-refractivity contribution >= 4 is 21.9 Å². The predicted octanol–water partition coefficient (Wildman–Crippen LogP) is 3.37. The zero-order valence-electron chi connectivity index (χ0n) is 12.5. The number of rotatable bonds is 2. The molecule has 2 aromatic heterocycles. The van der Waals surface area contributed by atoms with E-state index in [4.69, 9.17) is 0 Å². The molecule has 0 aliphatic carbocycles. The van der Waals surface area contributed by atoms with Gasteiger partial charge in [0.05, 0.1) is 12.9 Å². The van der Waals surface area contributed by atoms with Crippen molar-refractivity contribution in [3.8, 4) is 0 Å². The lowest BCUT2D eigenvalue weighted by Crippen LogP contribution is -2.21. The van der Waals surface area contributed by atoms with Gasteiger partial charge in [0.25, 0.3) is 5.56 Å². The summed E-state index contributed by atoms with van der Waals surface area (Å²) in [6, 6.07) is 12.0. The molecule has 0 radical (unpaired) electrons. The van der Waals surface area contributed by atoms with E-state index < -0.39 is 0 Å². The van der Waals surface area contributed by atoms with Crippen LogP contribution in [0.3, 0.4) is 0 Å². The van der Waals surface area contributed by atoms with E-state index >= 15 is 0 Å². The minimum Gasteiger partial charge on any atom is -0.349 e. The summed E-state index contributed by atoms with van der Waals surface area (Å²) >= 11 is 0. The van der Waals surface area contributed by atoms with Gasteiger partial charge in [-0.3, -0.25) is 9.36 Å². The summed E-state index contributed by atoms with van der Waals surface area (Å²) in [5.41, 5.74) is 3.90. The highest BCUT2D eigenvalue weighted by Gasteiger charge is 2.12. The monoisotopic (exact) mass is 307 g/mol. The normalized spacial score (nSPS) is 11.4. The van der Waals surface area contributed by atoms with E-state index in [2.05, 4.69) is 9.97 Å². The lowest BCUT2D eigenvalue weighted by Gasteiger charge is -2.05. The van der Waals surface area contributed by atoms with Crippen LogP contribution >= 0.6 is 0 Å². The third-order valence-electron chi connectivity index (χ3n) is 4.07. The number of H-pyrrole nitrogens is 1. The number of halogens is 1. The largest absolute Gasteiger partial charge is 0.349 e. The summed E-state index contributed by atoms with van der Waals surface area (Å²) in [5.74, 6) is -0.291. The van der Waals surface area contributed by atoms with Crippen molar-refractivity contribution < 1.29 is 4.39 Å². The van der Waals surface area contributed by atoms with Crippen LogP contribution in [0, 0.1) is 12.7 Å². The van der Waals surface area contributed by atoms with Gasteiger partial charge in [-0.15, -0.1) is 0 Å². The number of nitrogens with zero attached hydrogens (tertiary/aromatic N) is 2. The number of aromatic nitrogens is 3. The van der Waals surface area contributed by atoms with Gasteiger partial charge in [-0.2, -0.15) is 0 Å². The molecule has 5 heteroatoms. The second-order valence-corrected chi connectivity index (χ2v) is 5.65. The molecule has 4 nitrogen and oxygen atoms in total. The smallest absolute Gasteiger partial charge is 0.277 e. The third kappa shape index (κ3) is 2.21. The van der Waals surface area contributed by atoms with Gasteiger partial charge >= 0.3 is 0 Å². The lowest BCUT2D eigenvalue weighted by atomic mass is 10.1. The van der Waals surface area contributed by atoms with Crippen LogP contribution in [0.1, 0.15) is 11.1 Å². The Bertz CT molecular complexity index is 1080. The summed E-state index contributed by atoms with van der Waals surface area (Å²) < 4.78 is 14.5. The molecule has 4 rings (SSSR count). The van der Waals surface area contributed by atoms with Crippen molar-refractivity contribution in [1.29, 1.82) is 0 Å². The highest BCUT2D eigenvalue weighted by Crippen LogP contribution is 2.24. The second kappa shape index (κ2) is 5.05. The Balaban J connectivity index is 1.88. The van der Waals surface area contributed by atoms with Crippen LogP contribution in [0.5, 0.6) is 0 Å². The first kappa shape index (κ1) is 13.7. The van der Waals surface area contributed by atoms with E-state index in [0.717, 1.165) is 22.0 Å². The predicted molar refractivity (Wildman–Crippen MR) is 88.1 cm³/mol. The topological polar surface area (TPSA) is 50.7 Å². The van der Waals surface area contributed by atoms with Gasteiger partial charge in [0.15, 0.2) is 0 Å². The number of aryl methyl sites for hydroxylation is 1. The van der Waals surface area contributed by atoms with Crippen LogP contribution in [0.25, 0.3) is 21.9 Å². The molecule has 0 aliphatic rings. The molecule has 0 fully saturated rings. The summed E-state index contributed by atoms with van der Waals surface area (Å²) in [6.45, 7) is 2.36. The van der Waals surface area contributed by atoms with Gasteiger partial charge in [0.1, 0.15) is 16.9 Å². The Morgan fingerprint density at radius 3 is 2.74 bits per heavy atom. The molecular formula is C18H14FN3O. The van der Waals surface area contributed by atoms with E-state index in [1.807, 2.05) is 25.1 Å². The Labute approximate surface area is 131 Å². The Morgan fingerprint density at radius 1 is 1.17 bits per heavy atom. The summed E-state index contributed by atoms with van der Waals surface area (Å²) in [4.78, 5) is 20.3. The summed E-state index contributed by atoms with van der Waals surface area (Å²) in [7, 11) is 0. The molecule has 1 N–H and O–H groups in total. The molecule has 4 aromatic rings. The number of hydrogen-bond acceptors (Lipinski definition) is 2. The zero-order chi connectivity index (χ0) is 16.0. The Morgan fingerprint density at radius 2 is 1.96 bits per heavy atom. The van der Waals surface area contributed by atoms with Gasteiger partial charge in [-0.05, 0) is 36.2 Å². The second-order valence-electron chi connectivity index (χ2n) is 5.65. The van der Waals surface area contributed by atoms with E-state index in [9.17, 15) is 9.18 Å². The molecular weight excluding hydrogens is 293 g/mol. The highest BCUT2D eigenvalue weighted by molar-refractivity contribution is 6.06. The molecule has 23 heavy (non-hydrogen) atoms. The van der Waals surface area contributed by atoms with Gasteiger partial charge in [-0.1, -0.05) is 24.3 Å². The summed E-state index contributed by atoms with van der Waals surface area (Å²) in [6.07, 6.45) is 1.55. The van der Waals surface area contributed by atoms with Gasteiger partial charge < -0.3 is 4.98 Å². The quantitative estimate of drug-likeness (QED) is 0.617. The molecule has 0 amide bonds. The van der Waals surface area contributed by atoms with Gasteiger partial charge in [0.2, 0.25) is 0 Å². The molecule has 0 aliphatic heterocycles. The van der Waals surface area contributed by atoms with Crippen LogP contribution in [0.2, 0.25) is 0 Å². The molecule has 0 atom stereocenters. The van der Waals surface area contributed by atoms with Crippen LogP contribution in [-0.4, -0.2) is 14.5 Å². The Kier molecular flexibility index (Phi) is 3.01. The van der Waals surface area contributed by atoms with E-state index in [0.29, 0.717) is 17.6 Å². The molecule has 0 unspecified atom stereocenters. The van der Waals surface area contributed by atoms with E-state index in [-0.39, 0.29) is 11.4 Å². The number of aromatic amines is 1. The molecule has 0 bridgehead atoms. The van der Waals surface area contributed by atoms with E-state index in [1.54, 1.807) is 18.5 Å². The maximum absolute atomic E-state index is 13.0. The zero-order valence-corrected chi connectivity index (χ0v) is 12.5. The van der Waals surface area contributed by atoms with Crippen molar-refractivity contribution in [3.63, 3.8) is 0 Å². The fourth-order valence-electron chi connectivity index (χ4n) is 2.91. The summed E-state index contributed by atoms with van der Waals surface area (Å²) in [5, 5.41) is 0.980. The van der Waals surface area contributed by atoms with Crippen LogP contribution in [-0.2, 0) is 6.54 Å². The van der Waals surface area contributed by atoms with Crippen molar-refractivity contribution in [2.45, 2.75) is 13.5 Å². The van der Waals surface area contributed by atoms with Crippen molar-refractivity contribution in [2.24, 2.45) is 0 Å². The minimum atomic E-state index is -0.291. The fourth-order valence-corrected chi connectivity index (χ4v) is 2.91. The van der Waals surface area contributed by atoms with Crippen LogP contribution in [0.15, 0.2) is 53.6 Å². The molecule has 0 saturated heterocycles. The minimum absolute atomic E-state index is 0.130. The first-order valence-corrected chi connectivity index (χ1v) is 7.34.